The Morgan fingerprint density at radius 3 is 2.74 bits per heavy atom. The van der Waals surface area contributed by atoms with Crippen LogP contribution in [0.15, 0.2) is 30.3 Å². The van der Waals surface area contributed by atoms with Gasteiger partial charge in [0.15, 0.2) is 5.78 Å². The van der Waals surface area contributed by atoms with E-state index in [0.29, 0.717) is 18.6 Å². The summed E-state index contributed by atoms with van der Waals surface area (Å²) in [5.41, 5.74) is 0.780. The largest absolute Gasteiger partial charge is 0.302 e. The van der Waals surface area contributed by atoms with Crippen molar-refractivity contribution in [3.05, 3.63) is 35.9 Å². The van der Waals surface area contributed by atoms with Gasteiger partial charge in [-0.2, -0.15) is 0 Å². The monoisotopic (exact) mass is 259 g/mol. The van der Waals surface area contributed by atoms with Gasteiger partial charge in [0.2, 0.25) is 0 Å². The van der Waals surface area contributed by atoms with Crippen molar-refractivity contribution in [2.75, 3.05) is 19.6 Å². The molecule has 102 valence electrons. The summed E-state index contributed by atoms with van der Waals surface area (Å²) in [5, 5.41) is 0. The lowest BCUT2D eigenvalue weighted by Gasteiger charge is -2.31. The maximum atomic E-state index is 12.0. The molecule has 19 heavy (non-hydrogen) atoms. The van der Waals surface area contributed by atoms with Crippen LogP contribution in [0.2, 0.25) is 0 Å². The van der Waals surface area contributed by atoms with Crippen LogP contribution in [0.25, 0.3) is 0 Å². The van der Waals surface area contributed by atoms with Crippen LogP contribution < -0.4 is 0 Å². The molecule has 0 N–H and O–H groups in total. The Morgan fingerprint density at radius 1 is 1.32 bits per heavy atom. The number of nitrogens with zero attached hydrogens (tertiary/aromatic N) is 1. The molecule has 0 amide bonds. The molecule has 3 nitrogen and oxygen atoms in total. The summed E-state index contributed by atoms with van der Waals surface area (Å²) < 4.78 is 0. The predicted molar refractivity (Wildman–Crippen MR) is 75.2 cm³/mol. The molecule has 1 fully saturated rings. The molecule has 1 saturated heterocycles. The van der Waals surface area contributed by atoms with Crippen LogP contribution in [-0.2, 0) is 4.79 Å². The van der Waals surface area contributed by atoms with Crippen molar-refractivity contribution in [2.24, 2.45) is 5.92 Å². The van der Waals surface area contributed by atoms with E-state index in [1.807, 2.05) is 30.3 Å². The third-order valence-electron chi connectivity index (χ3n) is 3.85. The zero-order valence-electron chi connectivity index (χ0n) is 11.5. The molecule has 0 saturated carbocycles. The Hall–Kier alpha value is -1.48. The van der Waals surface area contributed by atoms with Crippen molar-refractivity contribution < 1.29 is 9.59 Å². The maximum Gasteiger partial charge on any atom is 0.164 e. The third kappa shape index (κ3) is 3.74. The lowest BCUT2D eigenvalue weighted by atomic mass is 9.94. The van der Waals surface area contributed by atoms with Gasteiger partial charge < -0.3 is 4.90 Å². The molecular formula is C16H21NO2. The zero-order chi connectivity index (χ0) is 13.7. The van der Waals surface area contributed by atoms with Gasteiger partial charge in [0.25, 0.3) is 0 Å². The SMILES string of the molecule is CCC1CN(CCC(=O)c2ccccc2)CCC1=O. The second kappa shape index (κ2) is 6.62. The summed E-state index contributed by atoms with van der Waals surface area (Å²) in [6, 6.07) is 9.41. The van der Waals surface area contributed by atoms with Crippen molar-refractivity contribution in [1.29, 1.82) is 0 Å². The molecule has 3 heteroatoms. The van der Waals surface area contributed by atoms with Gasteiger partial charge in [0, 0.05) is 44.0 Å². The van der Waals surface area contributed by atoms with E-state index in [0.717, 1.165) is 31.6 Å². The summed E-state index contributed by atoms with van der Waals surface area (Å²) in [7, 11) is 0. The van der Waals surface area contributed by atoms with E-state index in [1.165, 1.54) is 0 Å². The Morgan fingerprint density at radius 2 is 2.05 bits per heavy atom. The number of benzene rings is 1. The topological polar surface area (TPSA) is 37.4 Å². The zero-order valence-corrected chi connectivity index (χ0v) is 11.5. The highest BCUT2D eigenvalue weighted by atomic mass is 16.1. The normalized spacial score (nSPS) is 20.5. The van der Waals surface area contributed by atoms with Gasteiger partial charge in [0.05, 0.1) is 0 Å². The summed E-state index contributed by atoms with van der Waals surface area (Å²) in [6.07, 6.45) is 2.08. The number of hydrogen-bond acceptors (Lipinski definition) is 3. The molecule has 1 atom stereocenters. The highest BCUT2D eigenvalue weighted by molar-refractivity contribution is 5.96. The molecular weight excluding hydrogens is 238 g/mol. The molecule has 0 radical (unpaired) electrons. The highest BCUT2D eigenvalue weighted by Gasteiger charge is 2.25. The van der Waals surface area contributed by atoms with Gasteiger partial charge in [-0.25, -0.2) is 0 Å². The van der Waals surface area contributed by atoms with Gasteiger partial charge in [-0.05, 0) is 6.42 Å². The van der Waals surface area contributed by atoms with Crippen molar-refractivity contribution in [2.45, 2.75) is 26.2 Å². The number of rotatable bonds is 5. The summed E-state index contributed by atoms with van der Waals surface area (Å²) in [5.74, 6) is 0.735. The summed E-state index contributed by atoms with van der Waals surface area (Å²) in [6.45, 7) is 4.44. The van der Waals surface area contributed by atoms with E-state index in [-0.39, 0.29) is 11.7 Å². The first-order chi connectivity index (χ1) is 9.20. The molecule has 1 heterocycles. The molecule has 0 spiro atoms. The smallest absolute Gasteiger partial charge is 0.164 e. The first-order valence-corrected chi connectivity index (χ1v) is 7.04. The van der Waals surface area contributed by atoms with Gasteiger partial charge >= 0.3 is 0 Å². The maximum absolute atomic E-state index is 12.0. The first kappa shape index (κ1) is 13.9. The molecule has 1 aromatic carbocycles. The minimum Gasteiger partial charge on any atom is -0.302 e. The molecule has 2 rings (SSSR count). The van der Waals surface area contributed by atoms with Crippen molar-refractivity contribution in [1.82, 2.24) is 4.90 Å². The number of piperidine rings is 1. The predicted octanol–water partition coefficient (Wildman–Crippen LogP) is 2.56. The number of carbonyl (C=O) groups excluding carboxylic acids is 2. The molecule has 1 aromatic rings. The lowest BCUT2D eigenvalue weighted by molar-refractivity contribution is -0.126. The van der Waals surface area contributed by atoms with Crippen LogP contribution in [0.3, 0.4) is 0 Å². The number of ketones is 2. The van der Waals surface area contributed by atoms with Crippen molar-refractivity contribution in [3.8, 4) is 0 Å². The number of hydrogen-bond donors (Lipinski definition) is 0. The third-order valence-corrected chi connectivity index (χ3v) is 3.85. The molecule has 0 bridgehead atoms. The number of carbonyl (C=O) groups is 2. The standard InChI is InChI=1S/C16H21NO2/c1-2-13-12-17(10-8-15(13)18)11-9-16(19)14-6-4-3-5-7-14/h3-7,13H,2,8-12H2,1H3. The fourth-order valence-electron chi connectivity index (χ4n) is 2.57. The van der Waals surface area contributed by atoms with E-state index in [4.69, 9.17) is 0 Å². The van der Waals surface area contributed by atoms with E-state index in [9.17, 15) is 9.59 Å². The average molecular weight is 259 g/mol. The number of likely N-dealkylation sites (tertiary alicyclic amines) is 1. The molecule has 0 aliphatic carbocycles. The fourth-order valence-corrected chi connectivity index (χ4v) is 2.57. The van der Waals surface area contributed by atoms with Crippen molar-refractivity contribution in [3.63, 3.8) is 0 Å². The summed E-state index contributed by atoms with van der Waals surface area (Å²) >= 11 is 0. The second-order valence-electron chi connectivity index (χ2n) is 5.16. The fraction of sp³-hybridized carbons (Fsp3) is 0.500. The van der Waals surface area contributed by atoms with E-state index in [1.54, 1.807) is 0 Å². The van der Waals surface area contributed by atoms with Crippen LogP contribution in [0.4, 0.5) is 0 Å². The number of Topliss-reactive ketones (excluding diaryl/α,β-unsaturated/α-hetero) is 2. The lowest BCUT2D eigenvalue weighted by Crippen LogP contribution is -2.41. The summed E-state index contributed by atoms with van der Waals surface area (Å²) in [4.78, 5) is 25.9. The molecule has 1 aliphatic rings. The van der Waals surface area contributed by atoms with E-state index < -0.39 is 0 Å². The minimum atomic E-state index is 0.167. The Labute approximate surface area is 114 Å². The quantitative estimate of drug-likeness (QED) is 0.763. The van der Waals surface area contributed by atoms with Crippen molar-refractivity contribution >= 4 is 11.6 Å². The molecule has 1 aliphatic heterocycles. The van der Waals surface area contributed by atoms with Gasteiger partial charge in [-0.15, -0.1) is 0 Å². The Balaban J connectivity index is 1.83. The van der Waals surface area contributed by atoms with Crippen LogP contribution in [0.1, 0.15) is 36.5 Å². The average Bonchev–Trinajstić information content (AvgIpc) is 2.47. The van der Waals surface area contributed by atoms with Gasteiger partial charge in [-0.1, -0.05) is 37.3 Å². The van der Waals surface area contributed by atoms with Crippen LogP contribution in [-0.4, -0.2) is 36.1 Å². The Kier molecular flexibility index (Phi) is 4.86. The Bertz CT molecular complexity index is 441. The van der Waals surface area contributed by atoms with E-state index >= 15 is 0 Å². The van der Waals surface area contributed by atoms with Gasteiger partial charge in [0.1, 0.15) is 5.78 Å². The minimum absolute atomic E-state index is 0.167. The second-order valence-corrected chi connectivity index (χ2v) is 5.16. The van der Waals surface area contributed by atoms with Gasteiger partial charge in [-0.3, -0.25) is 9.59 Å². The van der Waals surface area contributed by atoms with Crippen LogP contribution in [0, 0.1) is 5.92 Å². The molecule has 1 unspecified atom stereocenters. The van der Waals surface area contributed by atoms with Crippen LogP contribution in [0.5, 0.6) is 0 Å². The van der Waals surface area contributed by atoms with Crippen LogP contribution >= 0.6 is 0 Å². The highest BCUT2D eigenvalue weighted by Crippen LogP contribution is 2.16. The molecule has 0 aromatic heterocycles. The first-order valence-electron chi connectivity index (χ1n) is 7.04. The van der Waals surface area contributed by atoms with E-state index in [2.05, 4.69) is 11.8 Å².